The minimum Gasteiger partial charge on any atom is -0.367 e. The Bertz CT molecular complexity index is 653. The van der Waals surface area contributed by atoms with E-state index in [2.05, 4.69) is 24.9 Å². The number of hydrogen-bond donors (Lipinski definition) is 0. The van der Waals surface area contributed by atoms with Gasteiger partial charge in [-0.25, -0.2) is 9.97 Å². The van der Waals surface area contributed by atoms with Crippen LogP contribution in [0.2, 0.25) is 5.15 Å². The summed E-state index contributed by atoms with van der Waals surface area (Å²) < 4.78 is 6.16. The van der Waals surface area contributed by atoms with Crippen molar-refractivity contribution in [2.45, 2.75) is 52.1 Å². The summed E-state index contributed by atoms with van der Waals surface area (Å²) >= 11 is 8.06. The number of hydrogen-bond acceptors (Lipinski definition) is 4. The second-order valence-corrected chi connectivity index (χ2v) is 7.64. The zero-order valence-electron chi connectivity index (χ0n) is 12.8. The van der Waals surface area contributed by atoms with Gasteiger partial charge in [-0.2, -0.15) is 0 Å². The molecule has 2 aromatic heterocycles. The van der Waals surface area contributed by atoms with Gasteiger partial charge in [0.05, 0.1) is 0 Å². The molecule has 0 aliphatic heterocycles. The molecule has 0 N–H and O–H groups in total. The average molecular weight is 325 g/mol. The fraction of sp³-hybridized carbons (Fsp3) is 0.625. The molecule has 0 amide bonds. The molecule has 0 spiro atoms. The Labute approximate surface area is 134 Å². The summed E-state index contributed by atoms with van der Waals surface area (Å²) in [5, 5.41) is 1.51. The second-order valence-electron chi connectivity index (χ2n) is 6.04. The number of thiophene rings is 1. The van der Waals surface area contributed by atoms with Crippen LogP contribution in [0.1, 0.15) is 50.2 Å². The zero-order valence-corrected chi connectivity index (χ0v) is 14.4. The minimum absolute atomic E-state index is 0.359. The van der Waals surface area contributed by atoms with Crippen molar-refractivity contribution in [2.75, 3.05) is 6.61 Å². The first-order chi connectivity index (χ1) is 10.0. The van der Waals surface area contributed by atoms with E-state index in [1.807, 2.05) is 6.92 Å². The summed E-state index contributed by atoms with van der Waals surface area (Å²) in [5.74, 6) is 1.41. The molecular formula is C16H21ClN2OS. The Balaban J connectivity index is 2.10. The number of fused-ring (bicyclic) bond motifs is 1. The highest BCUT2D eigenvalue weighted by molar-refractivity contribution is 7.18. The Morgan fingerprint density at radius 2 is 2.29 bits per heavy atom. The van der Waals surface area contributed by atoms with Gasteiger partial charge in [0.25, 0.3) is 0 Å². The second kappa shape index (κ2) is 5.82. The number of ether oxygens (including phenoxy) is 1. The summed E-state index contributed by atoms with van der Waals surface area (Å²) in [6.45, 7) is 7.07. The number of nitrogens with zero attached hydrogens (tertiary/aromatic N) is 2. The maximum Gasteiger partial charge on any atom is 0.163 e. The average Bonchev–Trinajstić information content (AvgIpc) is 2.80. The van der Waals surface area contributed by atoms with E-state index in [0.717, 1.165) is 35.3 Å². The van der Waals surface area contributed by atoms with Crippen molar-refractivity contribution < 1.29 is 4.74 Å². The Morgan fingerprint density at radius 1 is 1.48 bits per heavy atom. The predicted octanol–water partition coefficient (Wildman–Crippen LogP) is 5.10. The van der Waals surface area contributed by atoms with Crippen molar-refractivity contribution in [3.63, 3.8) is 0 Å². The van der Waals surface area contributed by atoms with Crippen molar-refractivity contribution in [3.8, 4) is 0 Å². The molecule has 5 heteroatoms. The molecular weight excluding hydrogens is 304 g/mol. The molecule has 3 nitrogen and oxygen atoms in total. The number of aromatic nitrogens is 2. The van der Waals surface area contributed by atoms with E-state index in [0.29, 0.717) is 17.7 Å². The summed E-state index contributed by atoms with van der Waals surface area (Å²) in [4.78, 5) is 11.6. The van der Waals surface area contributed by atoms with Crippen molar-refractivity contribution >= 4 is 33.2 Å². The van der Waals surface area contributed by atoms with Crippen LogP contribution in [0.25, 0.3) is 10.2 Å². The molecule has 21 heavy (non-hydrogen) atoms. The molecule has 1 aliphatic carbocycles. The Hall–Kier alpha value is -0.710. The van der Waals surface area contributed by atoms with Gasteiger partial charge in [-0.3, -0.25) is 0 Å². The van der Waals surface area contributed by atoms with Gasteiger partial charge in [-0.05, 0) is 45.1 Å². The van der Waals surface area contributed by atoms with Crippen LogP contribution in [-0.4, -0.2) is 16.6 Å². The third-order valence-corrected chi connectivity index (χ3v) is 5.49. The minimum atomic E-state index is -0.359. The van der Waals surface area contributed by atoms with Crippen molar-refractivity contribution in [3.05, 3.63) is 21.9 Å². The van der Waals surface area contributed by atoms with E-state index in [4.69, 9.17) is 21.3 Å². The molecule has 0 aromatic carbocycles. The number of halogens is 1. The lowest BCUT2D eigenvalue weighted by Crippen LogP contribution is -2.37. The SMILES string of the molecule is CCOC1(c2nc(Cl)c3cc(C)sc3n2)CCCC(C)C1. The van der Waals surface area contributed by atoms with Gasteiger partial charge in [0.1, 0.15) is 15.6 Å². The molecule has 114 valence electrons. The summed E-state index contributed by atoms with van der Waals surface area (Å²) in [6.07, 6.45) is 4.37. The van der Waals surface area contributed by atoms with E-state index in [-0.39, 0.29) is 5.60 Å². The van der Waals surface area contributed by atoms with E-state index < -0.39 is 0 Å². The van der Waals surface area contributed by atoms with Gasteiger partial charge >= 0.3 is 0 Å². The van der Waals surface area contributed by atoms with Crippen LogP contribution in [0.3, 0.4) is 0 Å². The first-order valence-corrected chi connectivity index (χ1v) is 8.81. The maximum absolute atomic E-state index is 6.39. The lowest BCUT2D eigenvalue weighted by molar-refractivity contribution is -0.0878. The quantitative estimate of drug-likeness (QED) is 0.737. The molecule has 0 bridgehead atoms. The zero-order chi connectivity index (χ0) is 15.0. The summed E-state index contributed by atoms with van der Waals surface area (Å²) in [5.41, 5.74) is -0.359. The molecule has 2 heterocycles. The first kappa shape index (κ1) is 15.2. The molecule has 1 saturated carbocycles. The molecule has 0 radical (unpaired) electrons. The largest absolute Gasteiger partial charge is 0.367 e. The Kier molecular flexibility index (Phi) is 4.21. The van der Waals surface area contributed by atoms with Gasteiger partial charge in [0.2, 0.25) is 0 Å². The third kappa shape index (κ3) is 2.81. The number of aryl methyl sites for hydroxylation is 1. The van der Waals surface area contributed by atoms with Crippen LogP contribution in [0.4, 0.5) is 0 Å². The van der Waals surface area contributed by atoms with Crippen LogP contribution in [0, 0.1) is 12.8 Å². The van der Waals surface area contributed by atoms with Crippen LogP contribution < -0.4 is 0 Å². The van der Waals surface area contributed by atoms with Crippen LogP contribution in [0.5, 0.6) is 0 Å². The third-order valence-electron chi connectivity index (χ3n) is 4.25. The van der Waals surface area contributed by atoms with Crippen molar-refractivity contribution in [1.29, 1.82) is 0 Å². The first-order valence-electron chi connectivity index (χ1n) is 7.62. The smallest absolute Gasteiger partial charge is 0.163 e. The van der Waals surface area contributed by atoms with Crippen molar-refractivity contribution in [1.82, 2.24) is 9.97 Å². The van der Waals surface area contributed by atoms with E-state index in [9.17, 15) is 0 Å². The van der Waals surface area contributed by atoms with Gasteiger partial charge in [0.15, 0.2) is 5.82 Å². The topological polar surface area (TPSA) is 35.0 Å². The van der Waals surface area contributed by atoms with Crippen LogP contribution >= 0.6 is 22.9 Å². The molecule has 1 aliphatic rings. The highest BCUT2D eigenvalue weighted by atomic mass is 35.5. The molecule has 2 unspecified atom stereocenters. The fourth-order valence-electron chi connectivity index (χ4n) is 3.39. The fourth-order valence-corrected chi connectivity index (χ4v) is 4.55. The molecule has 0 saturated heterocycles. The monoisotopic (exact) mass is 324 g/mol. The van der Waals surface area contributed by atoms with Crippen LogP contribution in [-0.2, 0) is 10.3 Å². The van der Waals surface area contributed by atoms with Gasteiger partial charge in [0, 0.05) is 16.9 Å². The molecule has 1 fully saturated rings. The molecule has 2 atom stereocenters. The maximum atomic E-state index is 6.39. The highest BCUT2D eigenvalue weighted by Crippen LogP contribution is 2.43. The van der Waals surface area contributed by atoms with Gasteiger partial charge < -0.3 is 4.74 Å². The standard InChI is InChI=1S/C16H21ClN2OS/c1-4-20-16(7-5-6-10(2)9-16)15-18-13(17)12-8-11(3)21-14(12)19-15/h8,10H,4-7,9H2,1-3H3. The van der Waals surface area contributed by atoms with Gasteiger partial charge in [-0.15, -0.1) is 11.3 Å². The lowest BCUT2D eigenvalue weighted by atomic mass is 9.78. The van der Waals surface area contributed by atoms with E-state index in [1.54, 1.807) is 11.3 Å². The lowest BCUT2D eigenvalue weighted by Gasteiger charge is -2.38. The van der Waals surface area contributed by atoms with Gasteiger partial charge in [-0.1, -0.05) is 24.9 Å². The molecule has 2 aromatic rings. The normalized spacial score (nSPS) is 26.4. The predicted molar refractivity (Wildman–Crippen MR) is 88.1 cm³/mol. The molecule has 3 rings (SSSR count). The van der Waals surface area contributed by atoms with E-state index in [1.165, 1.54) is 11.3 Å². The van der Waals surface area contributed by atoms with Crippen molar-refractivity contribution in [2.24, 2.45) is 5.92 Å². The Morgan fingerprint density at radius 3 is 3.00 bits per heavy atom. The van der Waals surface area contributed by atoms with E-state index >= 15 is 0 Å². The number of rotatable bonds is 3. The van der Waals surface area contributed by atoms with Crippen LogP contribution in [0.15, 0.2) is 6.07 Å². The highest BCUT2D eigenvalue weighted by Gasteiger charge is 2.40. The summed E-state index contributed by atoms with van der Waals surface area (Å²) in [7, 11) is 0. The summed E-state index contributed by atoms with van der Waals surface area (Å²) in [6, 6.07) is 2.06.